The van der Waals surface area contributed by atoms with Crippen LogP contribution in [0.1, 0.15) is 33.6 Å². The first-order valence-corrected chi connectivity index (χ1v) is 5.02. The molecule has 5 heteroatoms. The number of aliphatic carboxylic acids is 1. The van der Waals surface area contributed by atoms with Crippen molar-refractivity contribution in [3.8, 4) is 0 Å². The Kier molecular flexibility index (Phi) is 3.21. The van der Waals surface area contributed by atoms with Crippen molar-refractivity contribution in [3.05, 3.63) is 0 Å². The van der Waals surface area contributed by atoms with Gasteiger partial charge in [-0.15, -0.1) is 0 Å². The molecule has 0 unspecified atom stereocenters. The molecule has 0 aliphatic heterocycles. The van der Waals surface area contributed by atoms with Gasteiger partial charge in [0.25, 0.3) is 0 Å². The average Bonchev–Trinajstić information content (AvgIpc) is 1.93. The third-order valence-corrected chi connectivity index (χ3v) is 2.29. The number of carbonyl (C=O) groups excluding carboxylic acids is 1. The van der Waals surface area contributed by atoms with Crippen molar-refractivity contribution in [1.82, 2.24) is 5.32 Å². The Morgan fingerprint density at radius 2 is 1.93 bits per heavy atom. The van der Waals surface area contributed by atoms with E-state index in [1.807, 2.05) is 0 Å². The first kappa shape index (κ1) is 11.8. The van der Waals surface area contributed by atoms with Crippen LogP contribution in [0.5, 0.6) is 0 Å². The fraction of sp³-hybridized carbons (Fsp3) is 0.800. The number of alkyl carbamates (subject to hydrolysis) is 1. The fourth-order valence-corrected chi connectivity index (χ4v) is 1.43. The van der Waals surface area contributed by atoms with Crippen molar-refractivity contribution in [2.75, 3.05) is 0 Å². The van der Waals surface area contributed by atoms with Crippen LogP contribution in [0.15, 0.2) is 0 Å². The van der Waals surface area contributed by atoms with Gasteiger partial charge in [-0.25, -0.2) is 4.79 Å². The van der Waals surface area contributed by atoms with Gasteiger partial charge in [-0.2, -0.15) is 0 Å². The van der Waals surface area contributed by atoms with Gasteiger partial charge in [-0.1, -0.05) is 0 Å². The van der Waals surface area contributed by atoms with E-state index in [1.54, 1.807) is 20.8 Å². The number of amides is 1. The van der Waals surface area contributed by atoms with E-state index in [-0.39, 0.29) is 6.04 Å². The van der Waals surface area contributed by atoms with Crippen LogP contribution in [0.4, 0.5) is 4.79 Å². The molecule has 0 saturated heterocycles. The lowest BCUT2D eigenvalue weighted by Gasteiger charge is -2.34. The molecule has 1 fully saturated rings. The second-order valence-electron chi connectivity index (χ2n) is 4.77. The van der Waals surface area contributed by atoms with Crippen molar-refractivity contribution in [1.29, 1.82) is 0 Å². The van der Waals surface area contributed by atoms with Crippen molar-refractivity contribution in [3.63, 3.8) is 0 Å². The van der Waals surface area contributed by atoms with Gasteiger partial charge in [0, 0.05) is 6.04 Å². The maximum absolute atomic E-state index is 11.3. The second-order valence-corrected chi connectivity index (χ2v) is 4.77. The highest BCUT2D eigenvalue weighted by atomic mass is 16.6. The van der Waals surface area contributed by atoms with Crippen LogP contribution >= 0.6 is 0 Å². The number of carboxylic acids is 1. The Morgan fingerprint density at radius 1 is 1.33 bits per heavy atom. The standard InChI is InChI=1S/C10H17NO4/c1-10(2,3)15-9(14)11-7-5-4-6(7)8(12)13/h6-7H,4-5H2,1-3H3,(H,11,14)(H,12,13)/t6-,7-/m1/s1. The first-order valence-electron chi connectivity index (χ1n) is 5.02. The molecule has 1 saturated carbocycles. The zero-order chi connectivity index (χ0) is 11.6. The Bertz CT molecular complexity index is 269. The predicted molar refractivity (Wildman–Crippen MR) is 53.5 cm³/mol. The molecule has 2 N–H and O–H groups in total. The van der Waals surface area contributed by atoms with Crippen LogP contribution in [0.25, 0.3) is 0 Å². The molecular formula is C10H17NO4. The van der Waals surface area contributed by atoms with E-state index in [0.717, 1.165) is 0 Å². The number of hydrogen-bond donors (Lipinski definition) is 2. The zero-order valence-corrected chi connectivity index (χ0v) is 9.24. The smallest absolute Gasteiger partial charge is 0.407 e. The summed E-state index contributed by atoms with van der Waals surface area (Å²) in [6.45, 7) is 5.30. The number of carboxylic acid groups (broad SMARTS) is 1. The van der Waals surface area contributed by atoms with E-state index in [2.05, 4.69) is 5.32 Å². The number of nitrogens with one attached hydrogen (secondary N) is 1. The number of ether oxygens (including phenoxy) is 1. The molecule has 0 spiro atoms. The average molecular weight is 215 g/mol. The van der Waals surface area contributed by atoms with Gasteiger partial charge in [0.1, 0.15) is 5.60 Å². The van der Waals surface area contributed by atoms with Crippen molar-refractivity contribution in [2.24, 2.45) is 5.92 Å². The lowest BCUT2D eigenvalue weighted by molar-refractivity contribution is -0.145. The van der Waals surface area contributed by atoms with Gasteiger partial charge in [-0.3, -0.25) is 4.79 Å². The molecule has 0 aromatic rings. The molecule has 15 heavy (non-hydrogen) atoms. The maximum atomic E-state index is 11.3. The Hall–Kier alpha value is -1.26. The van der Waals surface area contributed by atoms with Crippen LogP contribution in [-0.4, -0.2) is 28.8 Å². The summed E-state index contributed by atoms with van der Waals surface area (Å²) in [7, 11) is 0. The van der Waals surface area contributed by atoms with Crippen molar-refractivity contribution in [2.45, 2.75) is 45.3 Å². The second kappa shape index (κ2) is 4.08. The molecule has 0 heterocycles. The third kappa shape index (κ3) is 3.42. The molecule has 0 bridgehead atoms. The van der Waals surface area contributed by atoms with Crippen LogP contribution < -0.4 is 5.32 Å². The molecule has 1 rings (SSSR count). The van der Waals surface area contributed by atoms with Crippen LogP contribution in [0.3, 0.4) is 0 Å². The molecule has 1 amide bonds. The minimum absolute atomic E-state index is 0.280. The lowest BCUT2D eigenvalue weighted by Crippen LogP contribution is -2.51. The zero-order valence-electron chi connectivity index (χ0n) is 9.24. The summed E-state index contributed by atoms with van der Waals surface area (Å²) >= 11 is 0. The van der Waals surface area contributed by atoms with Gasteiger partial charge in [0.2, 0.25) is 0 Å². The summed E-state index contributed by atoms with van der Waals surface area (Å²) in [5, 5.41) is 11.3. The van der Waals surface area contributed by atoms with Gasteiger partial charge in [0.05, 0.1) is 5.92 Å². The highest BCUT2D eigenvalue weighted by Crippen LogP contribution is 2.27. The van der Waals surface area contributed by atoms with Gasteiger partial charge in [0.15, 0.2) is 0 Å². The molecule has 2 atom stereocenters. The van der Waals surface area contributed by atoms with Crippen molar-refractivity contribution < 1.29 is 19.4 Å². The topological polar surface area (TPSA) is 75.6 Å². The van der Waals surface area contributed by atoms with Crippen LogP contribution in [-0.2, 0) is 9.53 Å². The number of carbonyl (C=O) groups is 2. The molecule has 1 aliphatic carbocycles. The Labute approximate surface area is 88.8 Å². The number of rotatable bonds is 2. The molecule has 0 aromatic carbocycles. The molecule has 5 nitrogen and oxygen atoms in total. The van der Waals surface area contributed by atoms with E-state index >= 15 is 0 Å². The Morgan fingerprint density at radius 3 is 2.27 bits per heavy atom. The molecular weight excluding hydrogens is 198 g/mol. The number of hydrogen-bond acceptors (Lipinski definition) is 3. The minimum Gasteiger partial charge on any atom is -0.481 e. The van der Waals surface area contributed by atoms with E-state index in [0.29, 0.717) is 12.8 Å². The van der Waals surface area contributed by atoms with Gasteiger partial charge >= 0.3 is 12.1 Å². The monoisotopic (exact) mass is 215 g/mol. The summed E-state index contributed by atoms with van der Waals surface area (Å²) in [5.41, 5.74) is -0.549. The molecule has 0 radical (unpaired) electrons. The summed E-state index contributed by atoms with van der Waals surface area (Å²) < 4.78 is 5.03. The molecule has 0 aromatic heterocycles. The Balaban J connectivity index is 2.36. The minimum atomic E-state index is -0.859. The van der Waals surface area contributed by atoms with Gasteiger partial charge in [-0.05, 0) is 33.6 Å². The predicted octanol–water partition coefficient (Wildman–Crippen LogP) is 1.37. The van der Waals surface area contributed by atoms with Crippen LogP contribution in [0.2, 0.25) is 0 Å². The summed E-state index contributed by atoms with van der Waals surface area (Å²) in [5.74, 6) is -1.32. The van der Waals surface area contributed by atoms with E-state index in [1.165, 1.54) is 0 Å². The highest BCUT2D eigenvalue weighted by Gasteiger charge is 2.38. The van der Waals surface area contributed by atoms with Crippen molar-refractivity contribution >= 4 is 12.1 Å². The van der Waals surface area contributed by atoms with E-state index in [4.69, 9.17) is 9.84 Å². The fourth-order valence-electron chi connectivity index (χ4n) is 1.43. The van der Waals surface area contributed by atoms with Gasteiger partial charge < -0.3 is 15.2 Å². The van der Waals surface area contributed by atoms with E-state index < -0.39 is 23.6 Å². The highest BCUT2D eigenvalue weighted by molar-refractivity contribution is 5.74. The van der Waals surface area contributed by atoms with Crippen LogP contribution in [0, 0.1) is 5.92 Å². The molecule has 86 valence electrons. The largest absolute Gasteiger partial charge is 0.481 e. The third-order valence-electron chi connectivity index (χ3n) is 2.29. The summed E-state index contributed by atoms with van der Waals surface area (Å²) in [4.78, 5) is 22.0. The quantitative estimate of drug-likeness (QED) is 0.729. The lowest BCUT2D eigenvalue weighted by atomic mass is 9.80. The SMILES string of the molecule is CC(C)(C)OC(=O)N[C@@H]1CC[C@H]1C(=O)O. The maximum Gasteiger partial charge on any atom is 0.407 e. The summed E-state index contributed by atoms with van der Waals surface area (Å²) in [6.07, 6.45) is 0.782. The summed E-state index contributed by atoms with van der Waals surface area (Å²) in [6, 6.07) is -0.280. The first-order chi connectivity index (χ1) is 6.79. The molecule has 1 aliphatic rings. The normalized spacial score (nSPS) is 25.3. The van der Waals surface area contributed by atoms with E-state index in [9.17, 15) is 9.59 Å².